The lowest BCUT2D eigenvalue weighted by atomic mass is 10.0. The van der Waals surface area contributed by atoms with Gasteiger partial charge in [0, 0.05) is 6.54 Å². The molecule has 2 nitrogen and oxygen atoms in total. The molecule has 1 heterocycles. The molecule has 2 heteroatoms. The molecule has 1 aliphatic rings. The van der Waals surface area contributed by atoms with Crippen molar-refractivity contribution in [1.29, 1.82) is 0 Å². The minimum atomic E-state index is 0.443. The van der Waals surface area contributed by atoms with Crippen LogP contribution in [0, 0.1) is 0 Å². The average molecular weight is 203 g/mol. The maximum absolute atomic E-state index is 5.50. The van der Waals surface area contributed by atoms with Gasteiger partial charge in [0.15, 0.2) is 0 Å². The number of morpholine rings is 1. The summed E-state index contributed by atoms with van der Waals surface area (Å²) in [7, 11) is 0. The Morgan fingerprint density at radius 1 is 1.40 bits per heavy atom. The van der Waals surface area contributed by atoms with Crippen LogP contribution in [0.15, 0.2) is 43.1 Å². The highest BCUT2D eigenvalue weighted by atomic mass is 16.5. The Bertz CT molecular complexity index is 310. The summed E-state index contributed by atoms with van der Waals surface area (Å²) in [6.45, 7) is 6.43. The van der Waals surface area contributed by atoms with Crippen LogP contribution in [0.3, 0.4) is 0 Å². The molecule has 1 fully saturated rings. The van der Waals surface area contributed by atoms with E-state index in [1.54, 1.807) is 0 Å². The number of hydrogen-bond acceptors (Lipinski definition) is 2. The van der Waals surface area contributed by atoms with E-state index in [0.29, 0.717) is 6.04 Å². The summed E-state index contributed by atoms with van der Waals surface area (Å²) in [5.74, 6) is 0. The highest BCUT2D eigenvalue weighted by Gasteiger charge is 2.19. The van der Waals surface area contributed by atoms with Crippen molar-refractivity contribution < 1.29 is 4.74 Å². The molecule has 0 radical (unpaired) electrons. The van der Waals surface area contributed by atoms with Gasteiger partial charge in [-0.1, -0.05) is 36.9 Å². The predicted octanol–water partition coefficient (Wildman–Crippen LogP) is 2.07. The third-order valence-electron chi connectivity index (χ3n) is 2.82. The van der Waals surface area contributed by atoms with Crippen LogP contribution in [0.25, 0.3) is 0 Å². The molecule has 1 atom stereocenters. The molecule has 1 saturated heterocycles. The van der Waals surface area contributed by atoms with Crippen molar-refractivity contribution in [3.8, 4) is 0 Å². The fraction of sp³-hybridized carbons (Fsp3) is 0.385. The molecular weight excluding hydrogens is 186 g/mol. The molecule has 0 amide bonds. The Hall–Kier alpha value is -1.28. The first-order valence-corrected chi connectivity index (χ1v) is 5.40. The third-order valence-corrected chi connectivity index (χ3v) is 2.82. The van der Waals surface area contributed by atoms with Gasteiger partial charge in [-0.15, -0.1) is 0 Å². The molecule has 15 heavy (non-hydrogen) atoms. The Labute approximate surface area is 91.2 Å². The fourth-order valence-corrected chi connectivity index (χ4v) is 1.97. The highest BCUT2D eigenvalue weighted by molar-refractivity contribution is 5.16. The second kappa shape index (κ2) is 4.99. The number of rotatable bonds is 3. The smallest absolute Gasteiger partial charge is 0.0673 e. The standard InChI is InChI=1S/C13H17NO/c1-2-14-8-9-15-11-13(14)10-12-6-4-3-5-7-12/h2-7,13H,1,8-11H2. The summed E-state index contributed by atoms with van der Waals surface area (Å²) in [4.78, 5) is 2.27. The maximum Gasteiger partial charge on any atom is 0.0673 e. The molecule has 0 saturated carbocycles. The van der Waals surface area contributed by atoms with Gasteiger partial charge in [-0.3, -0.25) is 0 Å². The minimum absolute atomic E-state index is 0.443. The first kappa shape index (κ1) is 10.2. The van der Waals surface area contributed by atoms with Crippen molar-refractivity contribution in [3.63, 3.8) is 0 Å². The summed E-state index contributed by atoms with van der Waals surface area (Å²) >= 11 is 0. The van der Waals surface area contributed by atoms with Crippen molar-refractivity contribution >= 4 is 0 Å². The molecule has 80 valence electrons. The molecular formula is C13H17NO. The van der Waals surface area contributed by atoms with Crippen LogP contribution < -0.4 is 0 Å². The second-order valence-electron chi connectivity index (χ2n) is 3.84. The summed E-state index contributed by atoms with van der Waals surface area (Å²) < 4.78 is 5.50. The van der Waals surface area contributed by atoms with Gasteiger partial charge in [-0.25, -0.2) is 0 Å². The molecule has 0 aromatic heterocycles. The van der Waals surface area contributed by atoms with Crippen LogP contribution in [-0.4, -0.2) is 30.7 Å². The zero-order chi connectivity index (χ0) is 10.5. The van der Waals surface area contributed by atoms with E-state index in [2.05, 4.69) is 35.7 Å². The lowest BCUT2D eigenvalue weighted by molar-refractivity contribution is 0.0167. The molecule has 1 aromatic rings. The van der Waals surface area contributed by atoms with E-state index in [-0.39, 0.29) is 0 Å². The Balaban J connectivity index is 2.00. The van der Waals surface area contributed by atoms with Gasteiger partial charge in [0.25, 0.3) is 0 Å². The molecule has 0 spiro atoms. The van der Waals surface area contributed by atoms with Crippen LogP contribution in [0.1, 0.15) is 5.56 Å². The molecule has 0 bridgehead atoms. The fourth-order valence-electron chi connectivity index (χ4n) is 1.97. The van der Waals surface area contributed by atoms with E-state index in [1.165, 1.54) is 5.56 Å². The van der Waals surface area contributed by atoms with E-state index < -0.39 is 0 Å². The number of ether oxygens (including phenoxy) is 1. The first-order chi connectivity index (χ1) is 7.40. The first-order valence-electron chi connectivity index (χ1n) is 5.40. The summed E-state index contributed by atoms with van der Waals surface area (Å²) in [6.07, 6.45) is 2.96. The van der Waals surface area contributed by atoms with Crippen molar-refractivity contribution in [2.24, 2.45) is 0 Å². The van der Waals surface area contributed by atoms with Crippen molar-refractivity contribution in [1.82, 2.24) is 4.90 Å². The van der Waals surface area contributed by atoms with Gasteiger partial charge in [0.1, 0.15) is 0 Å². The molecule has 1 aromatic carbocycles. The minimum Gasteiger partial charge on any atom is -0.377 e. The van der Waals surface area contributed by atoms with Crippen molar-refractivity contribution in [3.05, 3.63) is 48.7 Å². The van der Waals surface area contributed by atoms with Crippen LogP contribution in [0.2, 0.25) is 0 Å². The SMILES string of the molecule is C=CN1CCOCC1Cc1ccccc1. The summed E-state index contributed by atoms with van der Waals surface area (Å²) in [5, 5.41) is 0. The molecule has 0 aliphatic carbocycles. The van der Waals surface area contributed by atoms with E-state index >= 15 is 0 Å². The predicted molar refractivity (Wildman–Crippen MR) is 61.7 cm³/mol. The van der Waals surface area contributed by atoms with Crippen LogP contribution in [0.4, 0.5) is 0 Å². The normalized spacial score (nSPS) is 21.3. The molecule has 0 N–H and O–H groups in total. The van der Waals surface area contributed by atoms with Crippen molar-refractivity contribution in [2.45, 2.75) is 12.5 Å². The Morgan fingerprint density at radius 3 is 2.93 bits per heavy atom. The lowest BCUT2D eigenvalue weighted by Crippen LogP contribution is -2.43. The maximum atomic E-state index is 5.50. The highest BCUT2D eigenvalue weighted by Crippen LogP contribution is 2.13. The van der Waals surface area contributed by atoms with E-state index in [1.807, 2.05) is 12.3 Å². The van der Waals surface area contributed by atoms with Gasteiger partial charge in [0.05, 0.1) is 19.3 Å². The van der Waals surface area contributed by atoms with Crippen LogP contribution >= 0.6 is 0 Å². The number of nitrogens with zero attached hydrogens (tertiary/aromatic N) is 1. The summed E-state index contributed by atoms with van der Waals surface area (Å²) in [5.41, 5.74) is 1.36. The van der Waals surface area contributed by atoms with Gasteiger partial charge in [-0.2, -0.15) is 0 Å². The van der Waals surface area contributed by atoms with Gasteiger partial charge in [0.2, 0.25) is 0 Å². The van der Waals surface area contributed by atoms with Gasteiger partial charge >= 0.3 is 0 Å². The molecule has 1 aliphatic heterocycles. The largest absolute Gasteiger partial charge is 0.377 e. The lowest BCUT2D eigenvalue weighted by Gasteiger charge is -2.34. The Kier molecular flexibility index (Phi) is 3.41. The van der Waals surface area contributed by atoms with E-state index in [0.717, 1.165) is 26.2 Å². The van der Waals surface area contributed by atoms with Crippen LogP contribution in [-0.2, 0) is 11.2 Å². The Morgan fingerprint density at radius 2 is 2.20 bits per heavy atom. The summed E-state index contributed by atoms with van der Waals surface area (Å²) in [6, 6.07) is 11.0. The topological polar surface area (TPSA) is 12.5 Å². The average Bonchev–Trinajstić information content (AvgIpc) is 2.31. The molecule has 1 unspecified atom stereocenters. The van der Waals surface area contributed by atoms with Crippen molar-refractivity contribution in [2.75, 3.05) is 19.8 Å². The van der Waals surface area contributed by atoms with E-state index in [9.17, 15) is 0 Å². The third kappa shape index (κ3) is 2.60. The quantitative estimate of drug-likeness (QED) is 0.745. The number of hydrogen-bond donors (Lipinski definition) is 0. The van der Waals surface area contributed by atoms with E-state index in [4.69, 9.17) is 4.74 Å². The van der Waals surface area contributed by atoms with Gasteiger partial charge < -0.3 is 9.64 Å². The number of benzene rings is 1. The zero-order valence-electron chi connectivity index (χ0n) is 8.93. The second-order valence-corrected chi connectivity index (χ2v) is 3.84. The zero-order valence-corrected chi connectivity index (χ0v) is 8.93. The van der Waals surface area contributed by atoms with Crippen LogP contribution in [0.5, 0.6) is 0 Å². The monoisotopic (exact) mass is 203 g/mol. The molecule has 2 rings (SSSR count). The van der Waals surface area contributed by atoms with Gasteiger partial charge in [-0.05, 0) is 18.2 Å².